The van der Waals surface area contributed by atoms with E-state index in [0.29, 0.717) is 45.1 Å². The van der Waals surface area contributed by atoms with E-state index in [1.54, 1.807) is 29.2 Å². The van der Waals surface area contributed by atoms with Crippen molar-refractivity contribution in [3.05, 3.63) is 60.2 Å². The van der Waals surface area contributed by atoms with Gasteiger partial charge in [0.1, 0.15) is 24.0 Å². The number of carbonyl (C=O) groups is 1. The third kappa shape index (κ3) is 4.84. The van der Waals surface area contributed by atoms with Crippen molar-refractivity contribution in [3.63, 3.8) is 0 Å². The molecule has 2 amide bonds. The van der Waals surface area contributed by atoms with Crippen LogP contribution in [0.5, 0.6) is 5.75 Å². The normalized spacial score (nSPS) is 14.2. The van der Waals surface area contributed by atoms with E-state index in [9.17, 15) is 13.6 Å². The number of hydrogen-bond donors (Lipinski definition) is 1. The molecule has 1 aliphatic heterocycles. The Labute approximate surface area is 151 Å². The van der Waals surface area contributed by atoms with Gasteiger partial charge in [0.25, 0.3) is 0 Å². The standard InChI is InChI=1S/C19H21F2N3O2/c20-15-1-5-17(6-2-15)23-10-12-24(13-11-23)19(25)22-9-14-26-18-7-3-16(21)4-8-18/h1-8H,9-14H2,(H,22,25). The molecule has 0 atom stereocenters. The van der Waals surface area contributed by atoms with E-state index < -0.39 is 0 Å². The first kappa shape index (κ1) is 18.0. The van der Waals surface area contributed by atoms with Crippen LogP contribution in [0.1, 0.15) is 0 Å². The molecule has 7 heteroatoms. The van der Waals surface area contributed by atoms with Crippen LogP contribution < -0.4 is 15.0 Å². The van der Waals surface area contributed by atoms with Crippen LogP contribution in [0, 0.1) is 11.6 Å². The largest absolute Gasteiger partial charge is 0.492 e. The molecule has 0 saturated carbocycles. The first-order chi connectivity index (χ1) is 12.6. The highest BCUT2D eigenvalue weighted by molar-refractivity contribution is 5.74. The highest BCUT2D eigenvalue weighted by Gasteiger charge is 2.20. The molecule has 1 saturated heterocycles. The van der Waals surface area contributed by atoms with Crippen LogP contribution in [0.3, 0.4) is 0 Å². The second-order valence-corrected chi connectivity index (χ2v) is 5.98. The molecular formula is C19H21F2N3O2. The van der Waals surface area contributed by atoms with Crippen molar-refractivity contribution in [2.45, 2.75) is 0 Å². The Balaban J connectivity index is 1.37. The second-order valence-electron chi connectivity index (χ2n) is 5.98. The zero-order valence-corrected chi connectivity index (χ0v) is 14.3. The zero-order chi connectivity index (χ0) is 18.4. The lowest BCUT2D eigenvalue weighted by Crippen LogP contribution is -2.52. The number of piperazine rings is 1. The van der Waals surface area contributed by atoms with Gasteiger partial charge >= 0.3 is 6.03 Å². The number of nitrogens with zero attached hydrogens (tertiary/aromatic N) is 2. The van der Waals surface area contributed by atoms with Crippen molar-refractivity contribution in [2.75, 3.05) is 44.2 Å². The van der Waals surface area contributed by atoms with Crippen molar-refractivity contribution >= 4 is 11.7 Å². The summed E-state index contributed by atoms with van der Waals surface area (Å²) in [6, 6.07) is 12.0. The highest BCUT2D eigenvalue weighted by atomic mass is 19.1. The molecule has 2 aromatic rings. The van der Waals surface area contributed by atoms with Gasteiger partial charge in [-0.25, -0.2) is 13.6 Å². The Kier molecular flexibility index (Phi) is 5.88. The lowest BCUT2D eigenvalue weighted by Gasteiger charge is -2.36. The molecule has 0 aromatic heterocycles. The lowest BCUT2D eigenvalue weighted by molar-refractivity contribution is 0.191. The molecule has 2 aromatic carbocycles. The van der Waals surface area contributed by atoms with Gasteiger partial charge in [-0.1, -0.05) is 0 Å². The summed E-state index contributed by atoms with van der Waals surface area (Å²) < 4.78 is 31.2. The van der Waals surface area contributed by atoms with Crippen molar-refractivity contribution < 1.29 is 18.3 Å². The minimum absolute atomic E-state index is 0.133. The molecule has 138 valence electrons. The van der Waals surface area contributed by atoms with Gasteiger partial charge in [0.2, 0.25) is 0 Å². The average Bonchev–Trinajstić information content (AvgIpc) is 2.67. The molecular weight excluding hydrogens is 340 g/mol. The van der Waals surface area contributed by atoms with Crippen LogP contribution in [0.2, 0.25) is 0 Å². The maximum atomic E-state index is 13.0. The lowest BCUT2D eigenvalue weighted by atomic mass is 10.2. The molecule has 26 heavy (non-hydrogen) atoms. The van der Waals surface area contributed by atoms with Crippen molar-refractivity contribution in [2.24, 2.45) is 0 Å². The number of ether oxygens (including phenoxy) is 1. The summed E-state index contributed by atoms with van der Waals surface area (Å²) in [7, 11) is 0. The third-order valence-electron chi connectivity index (χ3n) is 4.22. The number of halogens is 2. The van der Waals surface area contributed by atoms with E-state index in [0.717, 1.165) is 5.69 Å². The molecule has 0 spiro atoms. The molecule has 0 radical (unpaired) electrons. The summed E-state index contributed by atoms with van der Waals surface area (Å²) in [4.78, 5) is 16.1. The number of benzene rings is 2. The first-order valence-corrected chi connectivity index (χ1v) is 8.53. The summed E-state index contributed by atoms with van der Waals surface area (Å²) >= 11 is 0. The van der Waals surface area contributed by atoms with E-state index in [1.807, 2.05) is 0 Å². The van der Waals surface area contributed by atoms with E-state index in [-0.39, 0.29) is 17.7 Å². The monoisotopic (exact) mass is 361 g/mol. The Morgan fingerprint density at radius 1 is 0.923 bits per heavy atom. The average molecular weight is 361 g/mol. The van der Waals surface area contributed by atoms with Gasteiger partial charge < -0.3 is 19.9 Å². The number of amides is 2. The van der Waals surface area contributed by atoms with Gasteiger partial charge in [-0.2, -0.15) is 0 Å². The summed E-state index contributed by atoms with van der Waals surface area (Å²) in [5.41, 5.74) is 0.958. The first-order valence-electron chi connectivity index (χ1n) is 8.53. The number of urea groups is 1. The SMILES string of the molecule is O=C(NCCOc1ccc(F)cc1)N1CCN(c2ccc(F)cc2)CC1. The van der Waals surface area contributed by atoms with Gasteiger partial charge in [-0.05, 0) is 48.5 Å². The zero-order valence-electron chi connectivity index (χ0n) is 14.3. The highest BCUT2D eigenvalue weighted by Crippen LogP contribution is 2.17. The number of carbonyl (C=O) groups excluding carboxylic acids is 1. The molecule has 1 heterocycles. The summed E-state index contributed by atoms with van der Waals surface area (Å²) in [6.07, 6.45) is 0. The number of anilines is 1. The van der Waals surface area contributed by atoms with Gasteiger partial charge in [-0.15, -0.1) is 0 Å². The van der Waals surface area contributed by atoms with Crippen LogP contribution in [0.15, 0.2) is 48.5 Å². The predicted molar refractivity (Wildman–Crippen MR) is 95.5 cm³/mol. The van der Waals surface area contributed by atoms with Gasteiger partial charge in [0.05, 0.1) is 6.54 Å². The van der Waals surface area contributed by atoms with Gasteiger partial charge in [0.15, 0.2) is 0 Å². The molecule has 1 fully saturated rings. The molecule has 3 rings (SSSR count). The van der Waals surface area contributed by atoms with E-state index in [2.05, 4.69) is 10.2 Å². The molecule has 0 bridgehead atoms. The molecule has 0 aliphatic carbocycles. The van der Waals surface area contributed by atoms with Gasteiger partial charge in [-0.3, -0.25) is 0 Å². The van der Waals surface area contributed by atoms with Crippen molar-refractivity contribution in [1.29, 1.82) is 0 Å². The number of rotatable bonds is 5. The summed E-state index contributed by atoms with van der Waals surface area (Å²) in [5, 5.41) is 2.82. The van der Waals surface area contributed by atoms with E-state index in [1.165, 1.54) is 24.3 Å². The fraction of sp³-hybridized carbons (Fsp3) is 0.316. The van der Waals surface area contributed by atoms with Crippen LogP contribution in [0.4, 0.5) is 19.3 Å². The summed E-state index contributed by atoms with van der Waals surface area (Å²) in [6.45, 7) is 3.28. The van der Waals surface area contributed by atoms with Crippen LogP contribution >= 0.6 is 0 Å². The van der Waals surface area contributed by atoms with E-state index >= 15 is 0 Å². The van der Waals surface area contributed by atoms with Crippen molar-refractivity contribution in [3.8, 4) is 5.75 Å². The minimum Gasteiger partial charge on any atom is -0.492 e. The molecule has 1 N–H and O–H groups in total. The predicted octanol–water partition coefficient (Wildman–Crippen LogP) is 2.88. The van der Waals surface area contributed by atoms with E-state index in [4.69, 9.17) is 4.74 Å². The topological polar surface area (TPSA) is 44.8 Å². The fourth-order valence-corrected chi connectivity index (χ4v) is 2.79. The van der Waals surface area contributed by atoms with Crippen molar-refractivity contribution in [1.82, 2.24) is 10.2 Å². The maximum Gasteiger partial charge on any atom is 0.317 e. The Morgan fingerprint density at radius 3 is 2.12 bits per heavy atom. The number of nitrogens with one attached hydrogen (secondary N) is 1. The van der Waals surface area contributed by atoms with Crippen LogP contribution in [0.25, 0.3) is 0 Å². The molecule has 0 unspecified atom stereocenters. The quantitative estimate of drug-likeness (QED) is 0.833. The third-order valence-corrected chi connectivity index (χ3v) is 4.22. The Morgan fingerprint density at radius 2 is 1.50 bits per heavy atom. The smallest absolute Gasteiger partial charge is 0.317 e. The second kappa shape index (κ2) is 8.51. The van der Waals surface area contributed by atoms with Gasteiger partial charge in [0, 0.05) is 31.9 Å². The van der Waals surface area contributed by atoms with Crippen LogP contribution in [-0.2, 0) is 0 Å². The number of hydrogen-bond acceptors (Lipinski definition) is 3. The fourth-order valence-electron chi connectivity index (χ4n) is 2.79. The Hall–Kier alpha value is -2.83. The molecule has 5 nitrogen and oxygen atoms in total. The summed E-state index contributed by atoms with van der Waals surface area (Å²) in [5.74, 6) is -0.00591. The molecule has 1 aliphatic rings. The maximum absolute atomic E-state index is 13.0. The minimum atomic E-state index is -0.314. The Bertz CT molecular complexity index is 715. The van der Waals surface area contributed by atoms with Crippen LogP contribution in [-0.4, -0.2) is 50.3 Å².